The lowest BCUT2D eigenvalue weighted by Crippen LogP contribution is -2.26. The molecule has 0 saturated carbocycles. The number of nitrogens with one attached hydrogen (secondary N) is 2. The first-order valence-electron chi connectivity index (χ1n) is 8.75. The van der Waals surface area contributed by atoms with Gasteiger partial charge in [0.15, 0.2) is 0 Å². The lowest BCUT2D eigenvalue weighted by atomic mass is 10.1. The highest BCUT2D eigenvalue weighted by atomic mass is 16.2. The number of hydrogen-bond acceptors (Lipinski definition) is 4. The summed E-state index contributed by atoms with van der Waals surface area (Å²) in [6.07, 6.45) is 2.16. The molecule has 1 heterocycles. The molecule has 0 fully saturated rings. The van der Waals surface area contributed by atoms with E-state index in [4.69, 9.17) is 5.26 Å². The Morgan fingerprint density at radius 1 is 0.964 bits per heavy atom. The van der Waals surface area contributed by atoms with Gasteiger partial charge in [0, 0.05) is 24.0 Å². The summed E-state index contributed by atoms with van der Waals surface area (Å²) in [7, 11) is 0. The van der Waals surface area contributed by atoms with Crippen molar-refractivity contribution in [2.75, 3.05) is 11.9 Å². The highest BCUT2D eigenvalue weighted by molar-refractivity contribution is 6.04. The summed E-state index contributed by atoms with van der Waals surface area (Å²) in [6.45, 7) is 0.498. The van der Waals surface area contributed by atoms with Gasteiger partial charge >= 0.3 is 0 Å². The van der Waals surface area contributed by atoms with Gasteiger partial charge in [-0.15, -0.1) is 0 Å². The number of nitrogens with zero attached hydrogens (tertiary/aromatic N) is 2. The third kappa shape index (κ3) is 5.02. The number of pyridine rings is 1. The summed E-state index contributed by atoms with van der Waals surface area (Å²) in [4.78, 5) is 28.7. The van der Waals surface area contributed by atoms with Crippen molar-refractivity contribution in [3.8, 4) is 6.07 Å². The number of benzene rings is 2. The molecule has 2 amide bonds. The van der Waals surface area contributed by atoms with E-state index in [0.29, 0.717) is 23.4 Å². The zero-order valence-electron chi connectivity index (χ0n) is 15.1. The van der Waals surface area contributed by atoms with Gasteiger partial charge in [-0.2, -0.15) is 5.26 Å². The van der Waals surface area contributed by atoms with E-state index in [9.17, 15) is 9.59 Å². The normalized spacial score (nSPS) is 9.96. The van der Waals surface area contributed by atoms with Gasteiger partial charge in [-0.05, 0) is 48.4 Å². The zero-order valence-corrected chi connectivity index (χ0v) is 15.1. The van der Waals surface area contributed by atoms with Crippen molar-refractivity contribution in [3.63, 3.8) is 0 Å². The first kappa shape index (κ1) is 18.8. The molecular weight excluding hydrogens is 352 g/mol. The Labute approximate surface area is 162 Å². The van der Waals surface area contributed by atoms with Crippen LogP contribution in [0.25, 0.3) is 0 Å². The molecule has 0 bridgehead atoms. The molecule has 3 aromatic rings. The molecule has 0 radical (unpaired) electrons. The summed E-state index contributed by atoms with van der Waals surface area (Å²) in [5.74, 6) is -0.686. The van der Waals surface area contributed by atoms with Crippen molar-refractivity contribution >= 4 is 17.5 Å². The van der Waals surface area contributed by atoms with Crippen LogP contribution < -0.4 is 10.6 Å². The zero-order chi connectivity index (χ0) is 19.8. The Bertz CT molecular complexity index is 1010. The average Bonchev–Trinajstić information content (AvgIpc) is 2.75. The molecule has 28 heavy (non-hydrogen) atoms. The van der Waals surface area contributed by atoms with Crippen molar-refractivity contribution in [2.45, 2.75) is 6.42 Å². The number of anilines is 1. The van der Waals surface area contributed by atoms with E-state index >= 15 is 0 Å². The van der Waals surface area contributed by atoms with Gasteiger partial charge in [0.25, 0.3) is 11.8 Å². The van der Waals surface area contributed by atoms with E-state index in [-0.39, 0.29) is 11.6 Å². The van der Waals surface area contributed by atoms with E-state index in [0.717, 1.165) is 12.0 Å². The fourth-order valence-corrected chi connectivity index (χ4v) is 2.59. The lowest BCUT2D eigenvalue weighted by molar-refractivity contribution is 0.0954. The van der Waals surface area contributed by atoms with Crippen LogP contribution in [0.15, 0.2) is 72.9 Å². The maximum absolute atomic E-state index is 12.4. The average molecular weight is 370 g/mol. The van der Waals surface area contributed by atoms with Crippen molar-refractivity contribution in [3.05, 3.63) is 95.3 Å². The van der Waals surface area contributed by atoms with Gasteiger partial charge in [-0.3, -0.25) is 14.6 Å². The number of amides is 2. The summed E-state index contributed by atoms with van der Waals surface area (Å²) in [6, 6.07) is 21.4. The van der Waals surface area contributed by atoms with Gasteiger partial charge in [0.1, 0.15) is 5.69 Å². The SMILES string of the molecule is N#Cc1ccc(NC(=O)c2cc(C(=O)NCCc3ccccc3)ccn2)cc1. The van der Waals surface area contributed by atoms with E-state index in [2.05, 4.69) is 15.6 Å². The molecule has 3 rings (SSSR count). The fourth-order valence-electron chi connectivity index (χ4n) is 2.59. The quantitative estimate of drug-likeness (QED) is 0.697. The maximum atomic E-state index is 12.4. The van der Waals surface area contributed by atoms with Crippen LogP contribution in [0.4, 0.5) is 5.69 Å². The molecule has 0 aliphatic rings. The predicted octanol–water partition coefficient (Wildman–Crippen LogP) is 3.18. The number of aromatic nitrogens is 1. The Morgan fingerprint density at radius 3 is 2.43 bits per heavy atom. The van der Waals surface area contributed by atoms with Crippen molar-refractivity contribution < 1.29 is 9.59 Å². The number of rotatable bonds is 6. The van der Waals surface area contributed by atoms with Gasteiger partial charge in [-0.25, -0.2) is 0 Å². The first-order valence-corrected chi connectivity index (χ1v) is 8.75. The molecule has 6 heteroatoms. The Morgan fingerprint density at radius 2 is 1.71 bits per heavy atom. The topological polar surface area (TPSA) is 94.9 Å². The second kappa shape index (κ2) is 9.10. The molecule has 0 unspecified atom stereocenters. The molecule has 0 spiro atoms. The largest absolute Gasteiger partial charge is 0.352 e. The highest BCUT2D eigenvalue weighted by Crippen LogP contribution is 2.11. The van der Waals surface area contributed by atoms with Crippen molar-refractivity contribution in [1.29, 1.82) is 5.26 Å². The Hall–Kier alpha value is -3.98. The van der Waals surface area contributed by atoms with E-state index < -0.39 is 5.91 Å². The van der Waals surface area contributed by atoms with Gasteiger partial charge in [0.05, 0.1) is 11.6 Å². The van der Waals surface area contributed by atoms with Crippen LogP contribution in [-0.4, -0.2) is 23.3 Å². The molecule has 0 saturated heterocycles. The fraction of sp³-hybridized carbons (Fsp3) is 0.0909. The lowest BCUT2D eigenvalue weighted by Gasteiger charge is -2.08. The Kier molecular flexibility index (Phi) is 6.11. The van der Waals surface area contributed by atoms with Crippen molar-refractivity contribution in [2.24, 2.45) is 0 Å². The van der Waals surface area contributed by atoms with Gasteiger partial charge in [0.2, 0.25) is 0 Å². The molecule has 0 aliphatic heterocycles. The van der Waals surface area contributed by atoms with Crippen LogP contribution in [0.2, 0.25) is 0 Å². The van der Waals surface area contributed by atoms with Crippen LogP contribution in [0.5, 0.6) is 0 Å². The molecule has 0 atom stereocenters. The number of carbonyl (C=O) groups excluding carboxylic acids is 2. The van der Waals surface area contributed by atoms with Gasteiger partial charge < -0.3 is 10.6 Å². The van der Waals surface area contributed by atoms with Crippen LogP contribution in [0.1, 0.15) is 32.0 Å². The second-order valence-electron chi connectivity index (χ2n) is 6.06. The molecule has 138 valence electrons. The minimum absolute atomic E-state index is 0.139. The Balaban J connectivity index is 1.59. The summed E-state index contributed by atoms with van der Waals surface area (Å²) in [5, 5.41) is 14.4. The minimum atomic E-state index is -0.427. The third-order valence-corrected chi connectivity index (χ3v) is 4.07. The second-order valence-corrected chi connectivity index (χ2v) is 6.06. The van der Waals surface area contributed by atoms with Crippen LogP contribution in [-0.2, 0) is 6.42 Å². The molecule has 0 aliphatic carbocycles. The molecular formula is C22H18N4O2. The summed E-state index contributed by atoms with van der Waals surface area (Å²) < 4.78 is 0. The van der Waals surface area contributed by atoms with E-state index in [1.54, 1.807) is 30.3 Å². The van der Waals surface area contributed by atoms with E-state index in [1.165, 1.54) is 12.3 Å². The number of nitriles is 1. The number of carbonyl (C=O) groups is 2. The highest BCUT2D eigenvalue weighted by Gasteiger charge is 2.12. The number of hydrogen-bond donors (Lipinski definition) is 2. The van der Waals surface area contributed by atoms with E-state index in [1.807, 2.05) is 36.4 Å². The molecule has 2 aromatic carbocycles. The standard InChI is InChI=1S/C22H18N4O2/c23-15-17-6-8-19(9-7-17)26-22(28)20-14-18(11-13-24-20)21(27)25-12-10-16-4-2-1-3-5-16/h1-9,11,13-14H,10,12H2,(H,25,27)(H,26,28). The molecule has 1 aromatic heterocycles. The molecule has 2 N–H and O–H groups in total. The smallest absolute Gasteiger partial charge is 0.274 e. The first-order chi connectivity index (χ1) is 13.7. The summed E-state index contributed by atoms with van der Waals surface area (Å²) in [5.41, 5.74) is 2.70. The van der Waals surface area contributed by atoms with Crippen LogP contribution in [0, 0.1) is 11.3 Å². The van der Waals surface area contributed by atoms with Crippen LogP contribution in [0.3, 0.4) is 0 Å². The summed E-state index contributed by atoms with van der Waals surface area (Å²) >= 11 is 0. The van der Waals surface area contributed by atoms with Gasteiger partial charge in [-0.1, -0.05) is 30.3 Å². The third-order valence-electron chi connectivity index (χ3n) is 4.07. The maximum Gasteiger partial charge on any atom is 0.274 e. The monoisotopic (exact) mass is 370 g/mol. The van der Waals surface area contributed by atoms with Crippen LogP contribution >= 0.6 is 0 Å². The van der Waals surface area contributed by atoms with Crippen molar-refractivity contribution in [1.82, 2.24) is 10.3 Å². The molecule has 6 nitrogen and oxygen atoms in total. The minimum Gasteiger partial charge on any atom is -0.352 e. The predicted molar refractivity (Wildman–Crippen MR) is 106 cm³/mol.